The Balaban J connectivity index is 1.64. The molecule has 2 aromatic rings. The van der Waals surface area contributed by atoms with E-state index < -0.39 is 0 Å². The SMILES string of the molecule is COc1ccc([C@H](CNC(=S)Nc2ccc(Cl)cc2)N2CCCCC2)cc1. The van der Waals surface area contributed by atoms with Crippen LogP contribution in [0.3, 0.4) is 0 Å². The number of hydrogen-bond donors (Lipinski definition) is 2. The van der Waals surface area contributed by atoms with Gasteiger partial charge in [0, 0.05) is 17.3 Å². The van der Waals surface area contributed by atoms with E-state index in [9.17, 15) is 0 Å². The lowest BCUT2D eigenvalue weighted by Gasteiger charge is -2.35. The number of halogens is 1. The number of ether oxygens (including phenoxy) is 1. The van der Waals surface area contributed by atoms with Crippen molar-refractivity contribution >= 4 is 34.6 Å². The first-order valence-corrected chi connectivity index (χ1v) is 10.1. The molecule has 1 heterocycles. The zero-order valence-electron chi connectivity index (χ0n) is 15.6. The molecule has 1 aliphatic rings. The minimum atomic E-state index is 0.279. The molecule has 0 saturated carbocycles. The van der Waals surface area contributed by atoms with Crippen molar-refractivity contribution in [2.45, 2.75) is 25.3 Å². The number of likely N-dealkylation sites (tertiary alicyclic amines) is 1. The Kier molecular flexibility index (Phi) is 7.33. The lowest BCUT2D eigenvalue weighted by atomic mass is 10.0. The highest BCUT2D eigenvalue weighted by Crippen LogP contribution is 2.26. The summed E-state index contributed by atoms with van der Waals surface area (Å²) in [5.74, 6) is 0.879. The van der Waals surface area contributed by atoms with Crippen LogP contribution in [-0.2, 0) is 0 Å². The maximum atomic E-state index is 5.94. The lowest BCUT2D eigenvalue weighted by Crippen LogP contribution is -2.41. The van der Waals surface area contributed by atoms with Gasteiger partial charge >= 0.3 is 0 Å². The summed E-state index contributed by atoms with van der Waals surface area (Å²) < 4.78 is 5.30. The standard InChI is InChI=1S/C21H26ClN3OS/c1-26-19-11-5-16(6-12-19)20(25-13-3-2-4-14-25)15-23-21(27)24-18-9-7-17(22)8-10-18/h5-12,20H,2-4,13-15H2,1H3,(H2,23,24,27)/t20-/m0/s1. The van der Waals surface area contributed by atoms with Gasteiger partial charge in [-0.2, -0.15) is 0 Å². The molecule has 2 N–H and O–H groups in total. The molecule has 0 radical (unpaired) electrons. The van der Waals surface area contributed by atoms with Crippen molar-refractivity contribution in [3.8, 4) is 5.75 Å². The predicted molar refractivity (Wildman–Crippen MR) is 117 cm³/mol. The van der Waals surface area contributed by atoms with Gasteiger partial charge in [-0.05, 0) is 80.1 Å². The van der Waals surface area contributed by atoms with Crippen molar-refractivity contribution in [1.82, 2.24) is 10.2 Å². The number of anilines is 1. The molecule has 0 amide bonds. The first kappa shape index (κ1) is 19.9. The Morgan fingerprint density at radius 2 is 1.74 bits per heavy atom. The monoisotopic (exact) mass is 403 g/mol. The summed E-state index contributed by atoms with van der Waals surface area (Å²) in [4.78, 5) is 2.54. The van der Waals surface area contributed by atoms with E-state index in [1.165, 1.54) is 24.8 Å². The number of hydrogen-bond acceptors (Lipinski definition) is 3. The van der Waals surface area contributed by atoms with E-state index in [1.54, 1.807) is 7.11 Å². The van der Waals surface area contributed by atoms with Crippen LogP contribution in [0.5, 0.6) is 5.75 Å². The molecule has 4 nitrogen and oxygen atoms in total. The van der Waals surface area contributed by atoms with Gasteiger partial charge in [-0.15, -0.1) is 0 Å². The van der Waals surface area contributed by atoms with Gasteiger partial charge in [-0.1, -0.05) is 30.2 Å². The number of piperidine rings is 1. The number of thiocarbonyl (C=S) groups is 1. The fourth-order valence-corrected chi connectivity index (χ4v) is 3.74. The molecule has 27 heavy (non-hydrogen) atoms. The molecule has 3 rings (SSSR count). The van der Waals surface area contributed by atoms with Crippen molar-refractivity contribution in [3.05, 3.63) is 59.1 Å². The number of benzene rings is 2. The molecular weight excluding hydrogens is 378 g/mol. The molecule has 0 spiro atoms. The highest BCUT2D eigenvalue weighted by atomic mass is 35.5. The highest BCUT2D eigenvalue weighted by Gasteiger charge is 2.22. The van der Waals surface area contributed by atoms with Crippen LogP contribution in [0.2, 0.25) is 5.02 Å². The molecule has 1 fully saturated rings. The van der Waals surface area contributed by atoms with Gasteiger partial charge in [0.15, 0.2) is 5.11 Å². The van der Waals surface area contributed by atoms with Gasteiger partial charge in [0.05, 0.1) is 13.2 Å². The summed E-state index contributed by atoms with van der Waals surface area (Å²) in [6.07, 6.45) is 3.82. The summed E-state index contributed by atoms with van der Waals surface area (Å²) in [6.45, 7) is 3.00. The Labute approximate surface area is 171 Å². The van der Waals surface area contributed by atoms with Crippen LogP contribution in [-0.4, -0.2) is 36.8 Å². The van der Waals surface area contributed by atoms with Crippen molar-refractivity contribution in [1.29, 1.82) is 0 Å². The van der Waals surface area contributed by atoms with Crippen molar-refractivity contribution in [2.24, 2.45) is 0 Å². The Bertz CT molecular complexity index is 730. The van der Waals surface area contributed by atoms with Crippen LogP contribution < -0.4 is 15.4 Å². The topological polar surface area (TPSA) is 36.5 Å². The van der Waals surface area contributed by atoms with E-state index in [-0.39, 0.29) is 6.04 Å². The summed E-state index contributed by atoms with van der Waals surface area (Å²) in [5, 5.41) is 7.94. The van der Waals surface area contributed by atoms with Gasteiger partial charge in [0.25, 0.3) is 0 Å². The molecule has 6 heteroatoms. The predicted octanol–water partition coefficient (Wildman–Crippen LogP) is 4.86. The zero-order valence-corrected chi connectivity index (χ0v) is 17.2. The van der Waals surface area contributed by atoms with Gasteiger partial charge in [-0.3, -0.25) is 4.90 Å². The van der Waals surface area contributed by atoms with Crippen molar-refractivity contribution in [3.63, 3.8) is 0 Å². The fraction of sp³-hybridized carbons (Fsp3) is 0.381. The number of rotatable bonds is 6. The first-order valence-electron chi connectivity index (χ1n) is 9.34. The average Bonchev–Trinajstić information content (AvgIpc) is 2.71. The second kappa shape index (κ2) is 9.93. The van der Waals surface area contributed by atoms with Gasteiger partial charge in [-0.25, -0.2) is 0 Å². The van der Waals surface area contributed by atoms with Gasteiger partial charge in [0.2, 0.25) is 0 Å². The molecule has 0 aliphatic carbocycles. The zero-order chi connectivity index (χ0) is 19.1. The van der Waals surface area contributed by atoms with E-state index in [0.29, 0.717) is 10.1 Å². The van der Waals surface area contributed by atoms with Crippen LogP contribution in [0.4, 0.5) is 5.69 Å². The largest absolute Gasteiger partial charge is 0.497 e. The van der Waals surface area contributed by atoms with Crippen LogP contribution in [0, 0.1) is 0 Å². The minimum Gasteiger partial charge on any atom is -0.497 e. The van der Waals surface area contributed by atoms with Crippen LogP contribution in [0.1, 0.15) is 30.9 Å². The third kappa shape index (κ3) is 5.83. The number of nitrogens with zero attached hydrogens (tertiary/aromatic N) is 1. The molecule has 2 aromatic carbocycles. The van der Waals surface area contributed by atoms with Crippen LogP contribution in [0.15, 0.2) is 48.5 Å². The fourth-order valence-electron chi connectivity index (χ4n) is 3.41. The molecule has 0 bridgehead atoms. The molecule has 1 saturated heterocycles. The first-order chi connectivity index (χ1) is 13.2. The Hall–Kier alpha value is -1.82. The van der Waals surface area contributed by atoms with E-state index in [4.69, 9.17) is 28.6 Å². The number of nitrogens with one attached hydrogen (secondary N) is 2. The molecule has 1 atom stereocenters. The van der Waals surface area contributed by atoms with E-state index >= 15 is 0 Å². The van der Waals surface area contributed by atoms with Crippen LogP contribution in [0.25, 0.3) is 0 Å². The van der Waals surface area contributed by atoms with Crippen molar-refractivity contribution in [2.75, 3.05) is 32.1 Å². The summed E-state index contributed by atoms with van der Waals surface area (Å²) >= 11 is 11.4. The second-order valence-corrected chi connectivity index (χ2v) is 7.57. The molecule has 0 aromatic heterocycles. The molecule has 0 unspecified atom stereocenters. The van der Waals surface area contributed by atoms with Gasteiger partial charge in [0.1, 0.15) is 5.75 Å². The average molecular weight is 404 g/mol. The molecule has 1 aliphatic heterocycles. The van der Waals surface area contributed by atoms with Gasteiger partial charge < -0.3 is 15.4 Å². The van der Waals surface area contributed by atoms with E-state index in [1.807, 2.05) is 36.4 Å². The summed E-state index contributed by atoms with van der Waals surface area (Å²) in [5.41, 5.74) is 2.20. The maximum Gasteiger partial charge on any atom is 0.170 e. The third-order valence-corrected chi connectivity index (χ3v) is 5.39. The Morgan fingerprint density at radius 1 is 1.07 bits per heavy atom. The highest BCUT2D eigenvalue weighted by molar-refractivity contribution is 7.80. The van der Waals surface area contributed by atoms with E-state index in [0.717, 1.165) is 31.1 Å². The quantitative estimate of drug-likeness (QED) is 0.673. The Morgan fingerprint density at radius 3 is 2.37 bits per heavy atom. The third-order valence-electron chi connectivity index (χ3n) is 4.89. The lowest BCUT2D eigenvalue weighted by molar-refractivity contribution is 0.164. The normalized spacial score (nSPS) is 15.8. The van der Waals surface area contributed by atoms with Crippen molar-refractivity contribution < 1.29 is 4.74 Å². The van der Waals surface area contributed by atoms with Crippen LogP contribution >= 0.6 is 23.8 Å². The number of methoxy groups -OCH3 is 1. The molecule has 144 valence electrons. The minimum absolute atomic E-state index is 0.279. The second-order valence-electron chi connectivity index (χ2n) is 6.73. The maximum absolute atomic E-state index is 5.94. The molecular formula is C21H26ClN3OS. The smallest absolute Gasteiger partial charge is 0.170 e. The summed E-state index contributed by atoms with van der Waals surface area (Å²) in [6, 6.07) is 16.2. The summed E-state index contributed by atoms with van der Waals surface area (Å²) in [7, 11) is 1.69. The van der Waals surface area contributed by atoms with E-state index in [2.05, 4.69) is 27.7 Å².